The lowest BCUT2D eigenvalue weighted by atomic mass is 10.2. The molecule has 0 spiro atoms. The van der Waals surface area contributed by atoms with E-state index in [2.05, 4.69) is 25.5 Å². The Morgan fingerprint density at radius 2 is 2.04 bits per heavy atom. The van der Waals surface area contributed by atoms with Crippen LogP contribution in [0, 0.1) is 11.3 Å². The van der Waals surface area contributed by atoms with E-state index in [1.54, 1.807) is 24.3 Å². The van der Waals surface area contributed by atoms with Gasteiger partial charge in [-0.1, -0.05) is 12.1 Å². The van der Waals surface area contributed by atoms with Crippen LogP contribution in [0.5, 0.6) is 0 Å². The maximum atomic E-state index is 12.3. The van der Waals surface area contributed by atoms with Crippen LogP contribution >= 0.6 is 0 Å². The molecule has 0 radical (unpaired) electrons. The highest BCUT2D eigenvalue weighted by molar-refractivity contribution is 6.03. The number of ether oxygens (including phenoxy) is 1. The van der Waals surface area contributed by atoms with Crippen LogP contribution in [0.25, 0.3) is 0 Å². The van der Waals surface area contributed by atoms with Gasteiger partial charge >= 0.3 is 0 Å². The van der Waals surface area contributed by atoms with Crippen LogP contribution in [-0.2, 0) is 4.74 Å². The number of benzene rings is 1. The number of hydrogen-bond acceptors (Lipinski definition) is 7. The smallest absolute Gasteiger partial charge is 0.275 e. The second-order valence-electron chi connectivity index (χ2n) is 5.78. The fourth-order valence-electron chi connectivity index (χ4n) is 2.58. The molecule has 2 aromatic rings. The maximum absolute atomic E-state index is 12.3. The molecule has 134 valence electrons. The molecule has 1 aromatic carbocycles. The van der Waals surface area contributed by atoms with Crippen molar-refractivity contribution in [3.8, 4) is 6.07 Å². The quantitative estimate of drug-likeness (QED) is 0.809. The second kappa shape index (κ2) is 8.89. The first-order chi connectivity index (χ1) is 12.8. The number of rotatable bonds is 6. The van der Waals surface area contributed by atoms with E-state index in [1.807, 2.05) is 6.07 Å². The number of carbonyl (C=O) groups is 1. The number of morpholine rings is 1. The number of amides is 1. The summed E-state index contributed by atoms with van der Waals surface area (Å²) in [7, 11) is 0. The van der Waals surface area contributed by atoms with Crippen LogP contribution in [0.4, 0.5) is 11.5 Å². The SMILES string of the molecule is N#Cc1ccccc1NC(=O)c1cnc(NCCN2CCOCC2)cn1. The summed E-state index contributed by atoms with van der Waals surface area (Å²) in [6.45, 7) is 5.08. The molecule has 3 rings (SSSR count). The number of nitrogens with zero attached hydrogens (tertiary/aromatic N) is 4. The number of para-hydroxylation sites is 1. The van der Waals surface area contributed by atoms with Gasteiger partial charge in [-0.2, -0.15) is 5.26 Å². The van der Waals surface area contributed by atoms with Crippen LogP contribution in [0.3, 0.4) is 0 Å². The molecule has 26 heavy (non-hydrogen) atoms. The number of hydrogen-bond donors (Lipinski definition) is 2. The van der Waals surface area contributed by atoms with E-state index in [9.17, 15) is 4.79 Å². The predicted octanol–water partition coefficient (Wildman–Crippen LogP) is 1.34. The van der Waals surface area contributed by atoms with Crippen molar-refractivity contribution in [2.75, 3.05) is 50.0 Å². The highest BCUT2D eigenvalue weighted by Crippen LogP contribution is 2.14. The fourth-order valence-corrected chi connectivity index (χ4v) is 2.58. The lowest BCUT2D eigenvalue weighted by molar-refractivity contribution is 0.0398. The van der Waals surface area contributed by atoms with Gasteiger partial charge in [-0.15, -0.1) is 0 Å². The summed E-state index contributed by atoms with van der Waals surface area (Å²) < 4.78 is 5.32. The molecule has 1 aliphatic heterocycles. The molecule has 2 N–H and O–H groups in total. The Kier molecular flexibility index (Phi) is 6.09. The summed E-state index contributed by atoms with van der Waals surface area (Å²) in [4.78, 5) is 22.9. The van der Waals surface area contributed by atoms with E-state index in [1.165, 1.54) is 12.4 Å². The first kappa shape index (κ1) is 17.8. The van der Waals surface area contributed by atoms with Crippen molar-refractivity contribution in [3.63, 3.8) is 0 Å². The first-order valence-electron chi connectivity index (χ1n) is 8.43. The Morgan fingerprint density at radius 1 is 1.23 bits per heavy atom. The summed E-state index contributed by atoms with van der Waals surface area (Å²) in [6, 6.07) is 8.85. The van der Waals surface area contributed by atoms with Crippen LogP contribution in [0.1, 0.15) is 16.1 Å². The standard InChI is InChI=1S/C18H20N6O2/c19-11-14-3-1-2-4-15(14)23-18(25)16-12-22-17(13-21-16)20-5-6-24-7-9-26-10-8-24/h1-4,12-13H,5-10H2,(H,20,22)(H,23,25). The summed E-state index contributed by atoms with van der Waals surface area (Å²) >= 11 is 0. The molecule has 0 bridgehead atoms. The summed E-state index contributed by atoms with van der Waals surface area (Å²) in [5.41, 5.74) is 1.04. The molecule has 2 heterocycles. The third kappa shape index (κ3) is 4.75. The van der Waals surface area contributed by atoms with Gasteiger partial charge in [-0.3, -0.25) is 9.69 Å². The fraction of sp³-hybridized carbons (Fsp3) is 0.333. The van der Waals surface area contributed by atoms with E-state index in [0.717, 1.165) is 39.4 Å². The normalized spacial score (nSPS) is 14.4. The zero-order valence-electron chi connectivity index (χ0n) is 14.3. The van der Waals surface area contributed by atoms with E-state index in [4.69, 9.17) is 10.00 Å². The lowest BCUT2D eigenvalue weighted by Gasteiger charge is -2.26. The number of nitriles is 1. The number of aromatic nitrogens is 2. The summed E-state index contributed by atoms with van der Waals surface area (Å²) in [5, 5.41) is 14.9. The van der Waals surface area contributed by atoms with Crippen LogP contribution in [-0.4, -0.2) is 60.2 Å². The Labute approximate surface area is 151 Å². The highest BCUT2D eigenvalue weighted by atomic mass is 16.5. The molecule has 0 atom stereocenters. The average molecular weight is 352 g/mol. The molecule has 0 saturated carbocycles. The van der Waals surface area contributed by atoms with Gasteiger partial charge in [0.1, 0.15) is 17.6 Å². The Bertz CT molecular complexity index is 781. The Morgan fingerprint density at radius 3 is 2.77 bits per heavy atom. The largest absolute Gasteiger partial charge is 0.379 e. The third-order valence-corrected chi connectivity index (χ3v) is 4.02. The molecule has 0 aliphatic carbocycles. The zero-order chi connectivity index (χ0) is 18.2. The van der Waals surface area contributed by atoms with Gasteiger partial charge in [0.25, 0.3) is 5.91 Å². The lowest BCUT2D eigenvalue weighted by Crippen LogP contribution is -2.39. The zero-order valence-corrected chi connectivity index (χ0v) is 14.3. The van der Waals surface area contributed by atoms with Crippen LogP contribution < -0.4 is 10.6 Å². The summed E-state index contributed by atoms with van der Waals surface area (Å²) in [5.74, 6) is 0.215. The minimum absolute atomic E-state index is 0.191. The van der Waals surface area contributed by atoms with E-state index in [-0.39, 0.29) is 5.69 Å². The minimum atomic E-state index is -0.403. The highest BCUT2D eigenvalue weighted by Gasteiger charge is 2.12. The van der Waals surface area contributed by atoms with Crippen molar-refractivity contribution in [2.24, 2.45) is 0 Å². The molecule has 1 saturated heterocycles. The Balaban J connectivity index is 1.52. The van der Waals surface area contributed by atoms with Gasteiger partial charge in [0.2, 0.25) is 0 Å². The molecule has 0 unspecified atom stereocenters. The van der Waals surface area contributed by atoms with Gasteiger partial charge in [-0.25, -0.2) is 9.97 Å². The topological polar surface area (TPSA) is 103 Å². The van der Waals surface area contributed by atoms with Crippen molar-refractivity contribution in [1.29, 1.82) is 5.26 Å². The van der Waals surface area contributed by atoms with Crippen LogP contribution in [0.15, 0.2) is 36.7 Å². The third-order valence-electron chi connectivity index (χ3n) is 4.02. The van der Waals surface area contributed by atoms with Crippen molar-refractivity contribution >= 4 is 17.4 Å². The van der Waals surface area contributed by atoms with Crippen LogP contribution in [0.2, 0.25) is 0 Å². The van der Waals surface area contributed by atoms with Gasteiger partial charge < -0.3 is 15.4 Å². The first-order valence-corrected chi connectivity index (χ1v) is 8.43. The number of nitrogens with one attached hydrogen (secondary N) is 2. The minimum Gasteiger partial charge on any atom is -0.379 e. The molecule has 1 fully saturated rings. The molecule has 1 aliphatic rings. The maximum Gasteiger partial charge on any atom is 0.275 e. The predicted molar refractivity (Wildman–Crippen MR) is 96.9 cm³/mol. The van der Waals surface area contributed by atoms with E-state index in [0.29, 0.717) is 17.1 Å². The Hall–Kier alpha value is -3.02. The monoisotopic (exact) mass is 352 g/mol. The number of carbonyl (C=O) groups excluding carboxylic acids is 1. The van der Waals surface area contributed by atoms with E-state index >= 15 is 0 Å². The van der Waals surface area contributed by atoms with Gasteiger partial charge in [0.05, 0.1) is 36.9 Å². The van der Waals surface area contributed by atoms with E-state index < -0.39 is 5.91 Å². The molecule has 1 aromatic heterocycles. The van der Waals surface area contributed by atoms with Gasteiger partial charge in [-0.05, 0) is 12.1 Å². The summed E-state index contributed by atoms with van der Waals surface area (Å²) in [6.07, 6.45) is 2.95. The average Bonchev–Trinajstić information content (AvgIpc) is 2.70. The van der Waals surface area contributed by atoms with Crippen molar-refractivity contribution in [1.82, 2.24) is 14.9 Å². The van der Waals surface area contributed by atoms with Gasteiger partial charge in [0.15, 0.2) is 0 Å². The van der Waals surface area contributed by atoms with Gasteiger partial charge in [0, 0.05) is 26.2 Å². The molecular weight excluding hydrogens is 332 g/mol. The molecule has 1 amide bonds. The molecular formula is C18H20N6O2. The van der Waals surface area contributed by atoms with Crippen molar-refractivity contribution in [3.05, 3.63) is 47.9 Å². The molecule has 8 heteroatoms. The second-order valence-corrected chi connectivity index (χ2v) is 5.78. The van der Waals surface area contributed by atoms with Crippen molar-refractivity contribution in [2.45, 2.75) is 0 Å². The number of anilines is 2. The van der Waals surface area contributed by atoms with Crippen molar-refractivity contribution < 1.29 is 9.53 Å². The molecule has 8 nitrogen and oxygen atoms in total.